The number of rotatable bonds is 0. The first kappa shape index (κ1) is 10.9. The van der Waals surface area contributed by atoms with E-state index in [1.807, 2.05) is 0 Å². The lowest BCUT2D eigenvalue weighted by Gasteiger charge is -2.05. The van der Waals surface area contributed by atoms with E-state index < -0.39 is 5.43 Å². The molecule has 3 aromatic rings. The molecule has 0 spiro atoms. The molecule has 18 heavy (non-hydrogen) atoms. The molecule has 0 saturated heterocycles. The van der Waals surface area contributed by atoms with Gasteiger partial charge in [-0.1, -0.05) is 11.6 Å². The summed E-state index contributed by atoms with van der Waals surface area (Å²) in [7, 11) is 1.66. The van der Waals surface area contributed by atoms with Crippen molar-refractivity contribution >= 4 is 39.6 Å². The summed E-state index contributed by atoms with van der Waals surface area (Å²) in [6, 6.07) is 5.11. The first-order valence-corrected chi connectivity index (χ1v) is 5.54. The lowest BCUT2D eigenvalue weighted by molar-refractivity contribution is 0.768. The van der Waals surface area contributed by atoms with Crippen molar-refractivity contribution in [3.05, 3.63) is 33.4 Å². The molecule has 2 heterocycles. The molecule has 0 bridgehead atoms. The average molecular weight is 262 g/mol. The quantitative estimate of drug-likeness (QED) is 0.613. The van der Waals surface area contributed by atoms with E-state index in [1.54, 1.807) is 25.2 Å². The van der Waals surface area contributed by atoms with E-state index in [1.165, 1.54) is 4.68 Å². The van der Waals surface area contributed by atoms with Gasteiger partial charge in [-0.15, -0.1) is 5.10 Å². The third kappa shape index (κ3) is 1.50. The summed E-state index contributed by atoms with van der Waals surface area (Å²) < 4.78 is 1.44. The number of nitrogens with two attached hydrogens (primary N) is 1. The Bertz CT molecular complexity index is 842. The van der Waals surface area contributed by atoms with E-state index in [4.69, 9.17) is 17.3 Å². The number of fused-ring (bicyclic) bond motifs is 2. The fourth-order valence-electron chi connectivity index (χ4n) is 1.77. The molecule has 0 unspecified atom stereocenters. The second-order valence-electron chi connectivity index (χ2n) is 3.87. The molecule has 6 nitrogen and oxygen atoms in total. The van der Waals surface area contributed by atoms with Crippen LogP contribution in [0.1, 0.15) is 0 Å². The lowest BCUT2D eigenvalue weighted by atomic mass is 10.3. The van der Waals surface area contributed by atoms with E-state index in [0.29, 0.717) is 21.7 Å². The molecule has 0 atom stereocenters. The van der Waals surface area contributed by atoms with Crippen molar-refractivity contribution in [1.29, 1.82) is 0 Å². The highest BCUT2D eigenvalue weighted by atomic mass is 35.5. The number of hydrogen-bond donors (Lipinski definition) is 1. The highest BCUT2D eigenvalue weighted by Crippen LogP contribution is 2.18. The lowest BCUT2D eigenvalue weighted by Crippen LogP contribution is -2.18. The molecule has 0 radical (unpaired) electrons. The van der Waals surface area contributed by atoms with Gasteiger partial charge in [0.15, 0.2) is 17.0 Å². The van der Waals surface area contributed by atoms with Gasteiger partial charge in [0.05, 0.1) is 11.0 Å². The fraction of sp³-hybridized carbons (Fsp3) is 0.0909. The van der Waals surface area contributed by atoms with Gasteiger partial charge in [0.2, 0.25) is 0 Å². The molecule has 0 saturated carbocycles. The monoisotopic (exact) mass is 261 g/mol. The van der Waals surface area contributed by atoms with Gasteiger partial charge in [-0.05, 0) is 18.2 Å². The van der Waals surface area contributed by atoms with Gasteiger partial charge in [0, 0.05) is 12.1 Å². The zero-order chi connectivity index (χ0) is 12.9. The van der Waals surface area contributed by atoms with Gasteiger partial charge in [-0.2, -0.15) is 0 Å². The van der Waals surface area contributed by atoms with Gasteiger partial charge < -0.3 is 5.73 Å². The Morgan fingerprint density at radius 3 is 2.83 bits per heavy atom. The highest BCUT2D eigenvalue weighted by Gasteiger charge is 2.11. The standard InChI is InChI=1S/C11H8ClN5O/c1-17-11-8(9(18)10(13)16-17)14-7-4-5(12)2-3-6(7)15-11/h2-4H,1H3,(H2,13,16). The van der Waals surface area contributed by atoms with Crippen LogP contribution in [0.4, 0.5) is 5.82 Å². The third-order valence-corrected chi connectivity index (χ3v) is 2.85. The molecule has 1 aromatic carbocycles. The number of anilines is 1. The maximum Gasteiger partial charge on any atom is 0.251 e. The largest absolute Gasteiger partial charge is 0.379 e. The van der Waals surface area contributed by atoms with Crippen LogP contribution in [0.2, 0.25) is 5.02 Å². The van der Waals surface area contributed by atoms with Crippen LogP contribution >= 0.6 is 11.6 Å². The van der Waals surface area contributed by atoms with Crippen LogP contribution < -0.4 is 11.2 Å². The van der Waals surface area contributed by atoms with E-state index >= 15 is 0 Å². The van der Waals surface area contributed by atoms with Crippen molar-refractivity contribution in [2.45, 2.75) is 0 Å². The van der Waals surface area contributed by atoms with Crippen molar-refractivity contribution in [3.63, 3.8) is 0 Å². The number of halogens is 1. The number of nitrogen functional groups attached to an aromatic ring is 1. The van der Waals surface area contributed by atoms with Crippen LogP contribution in [0.5, 0.6) is 0 Å². The zero-order valence-electron chi connectivity index (χ0n) is 9.38. The van der Waals surface area contributed by atoms with Crippen LogP contribution in [-0.4, -0.2) is 19.7 Å². The number of aryl methyl sites for hydroxylation is 1. The van der Waals surface area contributed by atoms with Crippen molar-refractivity contribution in [2.75, 3.05) is 5.73 Å². The molecule has 2 aromatic heterocycles. The second kappa shape index (κ2) is 3.64. The van der Waals surface area contributed by atoms with Gasteiger partial charge in [-0.25, -0.2) is 14.6 Å². The SMILES string of the molecule is Cn1nc(N)c(=O)c2nc3cc(Cl)ccc3nc21. The van der Waals surface area contributed by atoms with E-state index in [-0.39, 0.29) is 11.3 Å². The Morgan fingerprint density at radius 1 is 1.28 bits per heavy atom. The smallest absolute Gasteiger partial charge is 0.251 e. The van der Waals surface area contributed by atoms with E-state index in [0.717, 1.165) is 0 Å². The third-order valence-electron chi connectivity index (χ3n) is 2.62. The Kier molecular flexibility index (Phi) is 2.21. The minimum atomic E-state index is -0.419. The van der Waals surface area contributed by atoms with Crippen LogP contribution in [0.3, 0.4) is 0 Å². The Morgan fingerprint density at radius 2 is 2.06 bits per heavy atom. The molecular formula is C11H8ClN5O. The van der Waals surface area contributed by atoms with Crippen molar-refractivity contribution < 1.29 is 0 Å². The fourth-order valence-corrected chi connectivity index (χ4v) is 1.94. The first-order valence-electron chi connectivity index (χ1n) is 5.16. The zero-order valence-corrected chi connectivity index (χ0v) is 10.1. The number of nitrogens with zero attached hydrogens (tertiary/aromatic N) is 4. The van der Waals surface area contributed by atoms with Crippen molar-refractivity contribution in [3.8, 4) is 0 Å². The van der Waals surface area contributed by atoms with Gasteiger partial charge in [-0.3, -0.25) is 4.79 Å². The molecule has 0 fully saturated rings. The van der Waals surface area contributed by atoms with Crippen LogP contribution in [-0.2, 0) is 7.05 Å². The summed E-state index contributed by atoms with van der Waals surface area (Å²) in [6.45, 7) is 0. The second-order valence-corrected chi connectivity index (χ2v) is 4.30. The summed E-state index contributed by atoms with van der Waals surface area (Å²) in [6.07, 6.45) is 0. The predicted molar refractivity (Wildman–Crippen MR) is 69.5 cm³/mol. The van der Waals surface area contributed by atoms with Gasteiger partial charge >= 0.3 is 0 Å². The maximum atomic E-state index is 11.9. The minimum absolute atomic E-state index is 0.0966. The number of hydrogen-bond acceptors (Lipinski definition) is 5. The molecule has 0 amide bonds. The van der Waals surface area contributed by atoms with Crippen molar-refractivity contribution in [2.24, 2.45) is 7.05 Å². The van der Waals surface area contributed by atoms with E-state index in [9.17, 15) is 4.79 Å². The summed E-state index contributed by atoms with van der Waals surface area (Å²) in [4.78, 5) is 20.5. The molecular weight excluding hydrogens is 254 g/mol. The molecule has 2 N–H and O–H groups in total. The summed E-state index contributed by atoms with van der Waals surface area (Å²) in [5.41, 5.74) is 6.89. The molecule has 0 aliphatic heterocycles. The number of benzene rings is 1. The van der Waals surface area contributed by atoms with Crippen LogP contribution in [0, 0.1) is 0 Å². The average Bonchev–Trinajstić information content (AvgIpc) is 2.34. The molecule has 0 aliphatic carbocycles. The molecule has 0 aliphatic rings. The topological polar surface area (TPSA) is 86.7 Å². The molecule has 7 heteroatoms. The van der Waals surface area contributed by atoms with E-state index in [2.05, 4.69) is 15.1 Å². The van der Waals surface area contributed by atoms with Crippen LogP contribution in [0.15, 0.2) is 23.0 Å². The predicted octanol–water partition coefficient (Wildman–Crippen LogP) is 1.11. The molecule has 3 rings (SSSR count). The maximum absolute atomic E-state index is 11.9. The van der Waals surface area contributed by atoms with Crippen LogP contribution in [0.25, 0.3) is 22.2 Å². The van der Waals surface area contributed by atoms with Gasteiger partial charge in [0.1, 0.15) is 0 Å². The Balaban J connectivity index is 2.57. The van der Waals surface area contributed by atoms with Gasteiger partial charge in [0.25, 0.3) is 5.43 Å². The summed E-state index contributed by atoms with van der Waals surface area (Å²) in [5, 5.41) is 4.42. The number of aromatic nitrogens is 4. The Hall–Kier alpha value is -2.21. The summed E-state index contributed by atoms with van der Waals surface area (Å²) >= 11 is 5.88. The highest BCUT2D eigenvalue weighted by molar-refractivity contribution is 6.31. The molecule has 90 valence electrons. The van der Waals surface area contributed by atoms with Crippen molar-refractivity contribution in [1.82, 2.24) is 19.7 Å². The minimum Gasteiger partial charge on any atom is -0.379 e. The normalized spacial score (nSPS) is 11.2. The first-order chi connectivity index (χ1) is 8.56. The summed E-state index contributed by atoms with van der Waals surface area (Å²) in [5.74, 6) is -0.0966. The Labute approximate surface area is 106 Å².